The Hall–Kier alpha value is -2.59. The molecule has 7 nitrogen and oxygen atoms in total. The van der Waals surface area contributed by atoms with Crippen LogP contribution in [0.25, 0.3) is 0 Å². The van der Waals surface area contributed by atoms with Crippen molar-refractivity contribution >= 4 is 44.8 Å². The average molecular weight is 492 g/mol. The molecule has 0 unspecified atom stereocenters. The van der Waals surface area contributed by atoms with Gasteiger partial charge in [-0.15, -0.1) is 11.8 Å². The van der Waals surface area contributed by atoms with Gasteiger partial charge in [-0.25, -0.2) is 12.8 Å². The van der Waals surface area contributed by atoms with E-state index in [1.165, 1.54) is 30.0 Å². The van der Waals surface area contributed by atoms with Gasteiger partial charge in [0, 0.05) is 49.2 Å². The Balaban J connectivity index is 1.36. The van der Waals surface area contributed by atoms with Crippen LogP contribution in [0.3, 0.4) is 0 Å². The molecule has 4 rings (SSSR count). The van der Waals surface area contributed by atoms with Crippen LogP contribution >= 0.6 is 11.8 Å². The number of sulfone groups is 1. The van der Waals surface area contributed by atoms with Gasteiger partial charge in [0.1, 0.15) is 5.82 Å². The smallest absolute Gasteiger partial charge is 0.225 e. The Morgan fingerprint density at radius 3 is 2.61 bits per heavy atom. The first-order chi connectivity index (χ1) is 15.7. The van der Waals surface area contributed by atoms with E-state index in [0.717, 1.165) is 4.90 Å². The lowest BCUT2D eigenvalue weighted by atomic mass is 10.2. The highest BCUT2D eigenvalue weighted by molar-refractivity contribution is 8.00. The second-order valence-corrected chi connectivity index (χ2v) is 11.8. The van der Waals surface area contributed by atoms with Gasteiger partial charge >= 0.3 is 0 Å². The summed E-state index contributed by atoms with van der Waals surface area (Å²) in [6, 6.07) is 11.2. The van der Waals surface area contributed by atoms with Crippen LogP contribution in [0.2, 0.25) is 0 Å². The molecule has 1 N–H and O–H groups in total. The molecule has 2 aliphatic heterocycles. The number of hydrogen-bond donors (Lipinski definition) is 1. The van der Waals surface area contributed by atoms with E-state index >= 15 is 0 Å². The molecule has 2 aromatic carbocycles. The van der Waals surface area contributed by atoms with Crippen LogP contribution < -0.4 is 10.2 Å². The first kappa shape index (κ1) is 23.6. The highest BCUT2D eigenvalue weighted by Gasteiger charge is 2.26. The van der Waals surface area contributed by atoms with Gasteiger partial charge in [0.05, 0.1) is 22.0 Å². The molecule has 0 spiro atoms. The zero-order chi connectivity index (χ0) is 23.6. The van der Waals surface area contributed by atoms with Gasteiger partial charge in [-0.2, -0.15) is 0 Å². The Labute approximate surface area is 197 Å². The molecule has 0 aliphatic carbocycles. The number of carbonyl (C=O) groups is 2. The Morgan fingerprint density at radius 2 is 1.88 bits per heavy atom. The predicted octanol–water partition coefficient (Wildman–Crippen LogP) is 3.16. The highest BCUT2D eigenvalue weighted by atomic mass is 32.2. The summed E-state index contributed by atoms with van der Waals surface area (Å²) in [4.78, 5) is 29.1. The fourth-order valence-corrected chi connectivity index (χ4v) is 6.33. The molecule has 10 heteroatoms. The second-order valence-electron chi connectivity index (χ2n) is 8.23. The molecule has 176 valence electrons. The van der Waals surface area contributed by atoms with E-state index in [1.54, 1.807) is 29.2 Å². The van der Waals surface area contributed by atoms with Crippen molar-refractivity contribution in [2.75, 3.05) is 42.1 Å². The largest absolute Gasteiger partial charge is 0.366 e. The standard InChI is InChI=1S/C23H26FN3O4S2/c1-16-14-22(28)25-19-15-17(6-7-21(19)32-16)33(30,31)13-8-23(29)27-11-9-26(10-12-27)20-5-3-2-4-18(20)24/h2-7,15-16H,8-14H2,1H3,(H,25,28)/t16-/m1/s1. The molecule has 2 heterocycles. The highest BCUT2D eigenvalue weighted by Crippen LogP contribution is 2.36. The number of hydrogen-bond acceptors (Lipinski definition) is 6. The molecule has 1 saturated heterocycles. The molecule has 33 heavy (non-hydrogen) atoms. The van der Waals surface area contributed by atoms with Gasteiger partial charge in [0.25, 0.3) is 0 Å². The number of carbonyl (C=O) groups excluding carboxylic acids is 2. The number of thioether (sulfide) groups is 1. The molecule has 0 radical (unpaired) electrons. The minimum Gasteiger partial charge on any atom is -0.366 e. The second kappa shape index (κ2) is 9.72. The summed E-state index contributed by atoms with van der Waals surface area (Å²) < 4.78 is 39.7. The predicted molar refractivity (Wildman–Crippen MR) is 127 cm³/mol. The third-order valence-corrected chi connectivity index (χ3v) is 8.69. The van der Waals surface area contributed by atoms with Crippen molar-refractivity contribution in [3.8, 4) is 0 Å². The minimum absolute atomic E-state index is 0.0916. The maximum absolute atomic E-state index is 14.0. The fourth-order valence-electron chi connectivity index (χ4n) is 4.03. The maximum atomic E-state index is 14.0. The van der Waals surface area contributed by atoms with Crippen molar-refractivity contribution in [1.29, 1.82) is 0 Å². The van der Waals surface area contributed by atoms with Crippen molar-refractivity contribution in [2.45, 2.75) is 34.8 Å². The van der Waals surface area contributed by atoms with E-state index in [2.05, 4.69) is 5.32 Å². The van der Waals surface area contributed by atoms with Gasteiger partial charge in [-0.1, -0.05) is 19.1 Å². The normalized spacial score (nSPS) is 19.0. The zero-order valence-corrected chi connectivity index (χ0v) is 19.9. The van der Waals surface area contributed by atoms with Gasteiger partial charge in [0.15, 0.2) is 9.84 Å². The van der Waals surface area contributed by atoms with Crippen LogP contribution in [0.5, 0.6) is 0 Å². The van der Waals surface area contributed by atoms with Crippen molar-refractivity contribution in [3.63, 3.8) is 0 Å². The summed E-state index contributed by atoms with van der Waals surface area (Å²) in [5.41, 5.74) is 1.00. The van der Waals surface area contributed by atoms with Gasteiger partial charge in [-0.05, 0) is 30.3 Å². The van der Waals surface area contributed by atoms with Gasteiger partial charge in [0.2, 0.25) is 11.8 Å². The third kappa shape index (κ3) is 5.50. The van der Waals surface area contributed by atoms with Crippen molar-refractivity contribution in [2.24, 2.45) is 0 Å². The summed E-state index contributed by atoms with van der Waals surface area (Å²) in [5.74, 6) is -0.990. The molecule has 0 bridgehead atoms. The summed E-state index contributed by atoms with van der Waals surface area (Å²) in [7, 11) is -3.70. The maximum Gasteiger partial charge on any atom is 0.225 e. The molecule has 1 atom stereocenters. The SMILES string of the molecule is C[C@@H]1CC(=O)Nc2cc(S(=O)(=O)CCC(=O)N3CCN(c4ccccc4F)CC3)ccc2S1. The first-order valence-corrected chi connectivity index (χ1v) is 13.4. The zero-order valence-electron chi connectivity index (χ0n) is 18.3. The molecule has 1 fully saturated rings. The van der Waals surface area contributed by atoms with Crippen LogP contribution in [0.4, 0.5) is 15.8 Å². The molecule has 0 aromatic heterocycles. The number of piperazine rings is 1. The Kier molecular flexibility index (Phi) is 6.94. The van der Waals surface area contributed by atoms with E-state index in [9.17, 15) is 22.4 Å². The van der Waals surface area contributed by atoms with E-state index in [0.29, 0.717) is 44.0 Å². The number of benzene rings is 2. The minimum atomic E-state index is -3.70. The van der Waals surface area contributed by atoms with Crippen LogP contribution in [-0.2, 0) is 19.4 Å². The number of para-hydroxylation sites is 1. The van der Waals surface area contributed by atoms with Crippen LogP contribution in [0.1, 0.15) is 19.8 Å². The van der Waals surface area contributed by atoms with Crippen molar-refractivity contribution in [1.82, 2.24) is 4.90 Å². The van der Waals surface area contributed by atoms with E-state index < -0.39 is 9.84 Å². The van der Waals surface area contributed by atoms with Crippen LogP contribution in [-0.4, -0.2) is 62.3 Å². The van der Waals surface area contributed by atoms with Gasteiger partial charge < -0.3 is 15.1 Å². The number of anilines is 2. The lowest BCUT2D eigenvalue weighted by Gasteiger charge is -2.36. The Bertz CT molecular complexity index is 1160. The van der Waals surface area contributed by atoms with E-state index in [-0.39, 0.29) is 40.0 Å². The number of nitrogens with zero attached hydrogens (tertiary/aromatic N) is 2. The molecule has 2 aliphatic rings. The quantitative estimate of drug-likeness (QED) is 0.692. The average Bonchev–Trinajstić information content (AvgIpc) is 2.93. The summed E-state index contributed by atoms with van der Waals surface area (Å²) in [6.45, 7) is 3.74. The van der Waals surface area contributed by atoms with Crippen molar-refractivity contribution < 1.29 is 22.4 Å². The molecule has 0 saturated carbocycles. The van der Waals surface area contributed by atoms with E-state index in [1.807, 2.05) is 11.8 Å². The number of halogens is 1. The lowest BCUT2D eigenvalue weighted by Crippen LogP contribution is -2.49. The fraction of sp³-hybridized carbons (Fsp3) is 0.391. The van der Waals surface area contributed by atoms with Crippen LogP contribution in [0, 0.1) is 5.82 Å². The summed E-state index contributed by atoms with van der Waals surface area (Å²) >= 11 is 1.53. The molecular formula is C23H26FN3O4S2. The third-order valence-electron chi connectivity index (χ3n) is 5.80. The van der Waals surface area contributed by atoms with Gasteiger partial charge in [-0.3, -0.25) is 9.59 Å². The number of rotatable bonds is 5. The molecule has 2 amide bonds. The number of amides is 2. The Morgan fingerprint density at radius 1 is 1.15 bits per heavy atom. The first-order valence-electron chi connectivity index (χ1n) is 10.8. The molecular weight excluding hydrogens is 465 g/mol. The molecule has 2 aromatic rings. The number of fused-ring (bicyclic) bond motifs is 1. The van der Waals surface area contributed by atoms with E-state index in [4.69, 9.17) is 0 Å². The monoisotopic (exact) mass is 491 g/mol. The lowest BCUT2D eigenvalue weighted by molar-refractivity contribution is -0.131. The van der Waals surface area contributed by atoms with Crippen molar-refractivity contribution in [3.05, 3.63) is 48.3 Å². The summed E-state index contributed by atoms with van der Waals surface area (Å²) in [6.07, 6.45) is 0.234. The van der Waals surface area contributed by atoms with Crippen LogP contribution in [0.15, 0.2) is 52.3 Å². The topological polar surface area (TPSA) is 86.8 Å². The summed E-state index contributed by atoms with van der Waals surface area (Å²) in [5, 5.41) is 2.87. The number of nitrogens with one attached hydrogen (secondary N) is 1.